The lowest BCUT2D eigenvalue weighted by Gasteiger charge is -2.28. The molecule has 0 N–H and O–H groups in total. The molecule has 84 valence electrons. The van der Waals surface area contributed by atoms with Gasteiger partial charge in [0.15, 0.2) is 6.29 Å². The molecular formula is C12H18O3. The van der Waals surface area contributed by atoms with Gasteiger partial charge in [-0.3, -0.25) is 4.79 Å². The quantitative estimate of drug-likeness (QED) is 0.621. The molecule has 3 atom stereocenters. The van der Waals surface area contributed by atoms with Gasteiger partial charge in [0, 0.05) is 32.3 Å². The Kier molecular flexibility index (Phi) is 2.69. The van der Waals surface area contributed by atoms with E-state index >= 15 is 0 Å². The van der Waals surface area contributed by atoms with Crippen LogP contribution in [0.2, 0.25) is 0 Å². The second kappa shape index (κ2) is 3.72. The number of hydrogen-bond acceptors (Lipinski definition) is 3. The molecule has 3 nitrogen and oxygen atoms in total. The van der Waals surface area contributed by atoms with Crippen LogP contribution < -0.4 is 0 Å². The Morgan fingerprint density at radius 1 is 1.60 bits per heavy atom. The molecule has 1 saturated heterocycles. The van der Waals surface area contributed by atoms with E-state index in [2.05, 4.69) is 6.92 Å². The van der Waals surface area contributed by atoms with E-state index in [0.29, 0.717) is 18.8 Å². The molecule has 1 aliphatic heterocycles. The Labute approximate surface area is 90.4 Å². The second-order valence-electron chi connectivity index (χ2n) is 4.75. The average Bonchev–Trinajstić information content (AvgIpc) is 2.47. The molecule has 0 aromatic heterocycles. The van der Waals surface area contributed by atoms with Gasteiger partial charge >= 0.3 is 0 Å². The van der Waals surface area contributed by atoms with Gasteiger partial charge in [0.1, 0.15) is 5.78 Å². The summed E-state index contributed by atoms with van der Waals surface area (Å²) in [5.41, 5.74) is 0.914. The lowest BCUT2D eigenvalue weighted by atomic mass is 9.82. The maximum atomic E-state index is 11.6. The Morgan fingerprint density at radius 2 is 2.33 bits per heavy atom. The highest BCUT2D eigenvalue weighted by atomic mass is 16.7. The predicted molar refractivity (Wildman–Crippen MR) is 56.4 cm³/mol. The number of ketones is 1. The number of carbonyl (C=O) groups excluding carboxylic acids is 1. The van der Waals surface area contributed by atoms with Crippen molar-refractivity contribution in [2.24, 2.45) is 5.92 Å². The molecule has 3 heteroatoms. The topological polar surface area (TPSA) is 35.5 Å². The van der Waals surface area contributed by atoms with Gasteiger partial charge in [-0.2, -0.15) is 0 Å². The van der Waals surface area contributed by atoms with Gasteiger partial charge < -0.3 is 9.47 Å². The Hall–Kier alpha value is -0.670. The van der Waals surface area contributed by atoms with Gasteiger partial charge in [0.05, 0.1) is 5.60 Å². The van der Waals surface area contributed by atoms with Crippen LogP contribution in [-0.4, -0.2) is 24.8 Å². The van der Waals surface area contributed by atoms with E-state index < -0.39 is 0 Å². The summed E-state index contributed by atoms with van der Waals surface area (Å²) in [5, 5.41) is 0. The molecule has 0 radical (unpaired) electrons. The number of fused-ring (bicyclic) bond motifs is 1. The molecule has 2 aliphatic rings. The van der Waals surface area contributed by atoms with E-state index in [9.17, 15) is 4.79 Å². The summed E-state index contributed by atoms with van der Waals surface area (Å²) in [6, 6.07) is 0. The van der Waals surface area contributed by atoms with Crippen LogP contribution in [0.4, 0.5) is 0 Å². The summed E-state index contributed by atoms with van der Waals surface area (Å²) in [6.07, 6.45) is 3.81. The average molecular weight is 210 g/mol. The van der Waals surface area contributed by atoms with Crippen LogP contribution in [0.25, 0.3) is 0 Å². The van der Waals surface area contributed by atoms with Crippen molar-refractivity contribution in [3.05, 3.63) is 11.6 Å². The minimum absolute atomic E-state index is 0.158. The van der Waals surface area contributed by atoms with Crippen molar-refractivity contribution < 1.29 is 14.3 Å². The van der Waals surface area contributed by atoms with Gasteiger partial charge in [-0.1, -0.05) is 11.6 Å². The van der Waals surface area contributed by atoms with Gasteiger partial charge in [-0.15, -0.1) is 0 Å². The number of allylic oxidation sites excluding steroid dienone is 1. The lowest BCUT2D eigenvalue weighted by Crippen LogP contribution is -2.34. The van der Waals surface area contributed by atoms with Crippen LogP contribution in [0.1, 0.15) is 33.1 Å². The third-order valence-electron chi connectivity index (χ3n) is 3.58. The van der Waals surface area contributed by atoms with Crippen LogP contribution in [-0.2, 0) is 14.3 Å². The van der Waals surface area contributed by atoms with E-state index in [1.807, 2.05) is 13.0 Å². The zero-order valence-corrected chi connectivity index (χ0v) is 9.58. The van der Waals surface area contributed by atoms with E-state index in [1.165, 1.54) is 5.57 Å². The Morgan fingerprint density at radius 3 is 3.00 bits per heavy atom. The van der Waals surface area contributed by atoms with Crippen molar-refractivity contribution in [1.82, 2.24) is 0 Å². The van der Waals surface area contributed by atoms with Crippen LogP contribution in [0.3, 0.4) is 0 Å². The zero-order chi connectivity index (χ0) is 11.1. The summed E-state index contributed by atoms with van der Waals surface area (Å²) in [6.45, 7) is 4.11. The summed E-state index contributed by atoms with van der Waals surface area (Å²) in [5.74, 6) is 0.588. The van der Waals surface area contributed by atoms with Crippen molar-refractivity contribution in [3.63, 3.8) is 0 Å². The molecule has 1 aliphatic carbocycles. The fourth-order valence-corrected chi connectivity index (χ4v) is 2.73. The molecule has 0 amide bonds. The number of ether oxygens (including phenoxy) is 2. The highest BCUT2D eigenvalue weighted by Crippen LogP contribution is 2.44. The number of rotatable bonds is 1. The first kappa shape index (κ1) is 10.8. The highest BCUT2D eigenvalue weighted by Gasteiger charge is 2.47. The smallest absolute Gasteiger partial charge is 0.158 e. The Bertz CT molecular complexity index is 308. The van der Waals surface area contributed by atoms with Crippen molar-refractivity contribution in [1.29, 1.82) is 0 Å². The third kappa shape index (κ3) is 1.86. The van der Waals surface area contributed by atoms with Gasteiger partial charge in [0.25, 0.3) is 0 Å². The fourth-order valence-electron chi connectivity index (χ4n) is 2.73. The highest BCUT2D eigenvalue weighted by molar-refractivity contribution is 5.81. The lowest BCUT2D eigenvalue weighted by molar-refractivity contribution is -0.158. The Balaban J connectivity index is 2.28. The molecule has 1 unspecified atom stereocenters. The summed E-state index contributed by atoms with van der Waals surface area (Å²) in [4.78, 5) is 11.6. The molecule has 0 spiro atoms. The molecule has 0 aromatic rings. The fraction of sp³-hybridized carbons (Fsp3) is 0.750. The van der Waals surface area contributed by atoms with E-state index in [0.717, 1.165) is 6.42 Å². The van der Waals surface area contributed by atoms with Crippen LogP contribution in [0.5, 0.6) is 0 Å². The summed E-state index contributed by atoms with van der Waals surface area (Å²) in [7, 11) is 1.65. The van der Waals surface area contributed by atoms with Crippen LogP contribution in [0.15, 0.2) is 11.6 Å². The van der Waals surface area contributed by atoms with E-state index in [1.54, 1.807) is 7.11 Å². The second-order valence-corrected chi connectivity index (χ2v) is 4.75. The first-order valence-electron chi connectivity index (χ1n) is 5.44. The number of Topliss-reactive ketones (excluding diaryl/α,β-unsaturated/α-hetero) is 1. The maximum Gasteiger partial charge on any atom is 0.158 e. The van der Waals surface area contributed by atoms with Crippen molar-refractivity contribution in [2.45, 2.75) is 45.0 Å². The van der Waals surface area contributed by atoms with Crippen molar-refractivity contribution in [3.8, 4) is 0 Å². The van der Waals surface area contributed by atoms with Crippen LogP contribution in [0, 0.1) is 5.92 Å². The maximum absolute atomic E-state index is 11.6. The molecule has 0 aromatic carbocycles. The molecule has 15 heavy (non-hydrogen) atoms. The van der Waals surface area contributed by atoms with Crippen molar-refractivity contribution >= 4 is 5.78 Å². The van der Waals surface area contributed by atoms with Gasteiger partial charge in [0.2, 0.25) is 0 Å². The minimum Gasteiger partial charge on any atom is -0.356 e. The molecule has 1 heterocycles. The number of methoxy groups -OCH3 is 1. The first-order chi connectivity index (χ1) is 7.05. The van der Waals surface area contributed by atoms with Crippen molar-refractivity contribution in [2.75, 3.05) is 7.11 Å². The SMILES string of the molecule is COC1C[C@@H]2C(C)=CCC(=O)C[C@@]2(C)O1. The largest absolute Gasteiger partial charge is 0.356 e. The van der Waals surface area contributed by atoms with Gasteiger partial charge in [-0.25, -0.2) is 0 Å². The molecule has 1 fully saturated rings. The molecule has 2 rings (SSSR count). The first-order valence-corrected chi connectivity index (χ1v) is 5.44. The predicted octanol–water partition coefficient (Wildman–Crippen LogP) is 2.06. The van der Waals surface area contributed by atoms with Crippen LogP contribution >= 0.6 is 0 Å². The number of carbonyl (C=O) groups is 1. The normalized spacial score (nSPS) is 41.0. The molecular weight excluding hydrogens is 192 g/mol. The zero-order valence-electron chi connectivity index (χ0n) is 9.58. The van der Waals surface area contributed by atoms with Gasteiger partial charge in [-0.05, 0) is 13.8 Å². The summed E-state index contributed by atoms with van der Waals surface area (Å²) < 4.78 is 11.1. The van der Waals surface area contributed by atoms with E-state index in [4.69, 9.17) is 9.47 Å². The monoisotopic (exact) mass is 210 g/mol. The standard InChI is InChI=1S/C12H18O3/c1-8-4-5-9(13)7-12(2)10(8)6-11(14-3)15-12/h4,10-11H,5-7H2,1-3H3/t10-,11?,12-/m1/s1. The number of hydrogen-bond donors (Lipinski definition) is 0. The third-order valence-corrected chi connectivity index (χ3v) is 3.58. The van der Waals surface area contributed by atoms with E-state index in [-0.39, 0.29) is 17.7 Å². The molecule has 0 saturated carbocycles. The minimum atomic E-state index is -0.352. The molecule has 0 bridgehead atoms. The summed E-state index contributed by atoms with van der Waals surface area (Å²) >= 11 is 0.